The van der Waals surface area contributed by atoms with Gasteiger partial charge in [-0.1, -0.05) is 57.4 Å². The molecule has 0 radical (unpaired) electrons. The molecule has 1 aromatic rings. The van der Waals surface area contributed by atoms with Crippen molar-refractivity contribution in [1.29, 1.82) is 0 Å². The van der Waals surface area contributed by atoms with E-state index in [9.17, 15) is 0 Å². The summed E-state index contributed by atoms with van der Waals surface area (Å²) in [6.07, 6.45) is 6.47. The third-order valence-corrected chi connectivity index (χ3v) is 4.99. The quantitative estimate of drug-likeness (QED) is 0.887. The Morgan fingerprint density at radius 2 is 1.70 bits per heavy atom. The molecule has 1 aromatic carbocycles. The lowest BCUT2D eigenvalue weighted by molar-refractivity contribution is 0.146. The van der Waals surface area contributed by atoms with Crippen LogP contribution in [0.15, 0.2) is 24.3 Å². The van der Waals surface area contributed by atoms with E-state index in [4.69, 9.17) is 10.5 Å². The summed E-state index contributed by atoms with van der Waals surface area (Å²) < 4.78 is 5.33. The fourth-order valence-corrected chi connectivity index (χ4v) is 3.56. The molecule has 0 bridgehead atoms. The van der Waals surface area contributed by atoms with Gasteiger partial charge in [0.2, 0.25) is 0 Å². The molecular formula is C18H29NO. The Balaban J connectivity index is 2.22. The number of ether oxygens (including phenoxy) is 1. The Kier molecular flexibility index (Phi) is 4.87. The molecule has 2 nitrogen and oxygen atoms in total. The van der Waals surface area contributed by atoms with Gasteiger partial charge in [0.15, 0.2) is 0 Å². The van der Waals surface area contributed by atoms with Crippen LogP contribution in [0.4, 0.5) is 0 Å². The largest absolute Gasteiger partial charge is 0.384 e. The Morgan fingerprint density at radius 3 is 2.20 bits per heavy atom. The van der Waals surface area contributed by atoms with Crippen LogP contribution in [0.5, 0.6) is 0 Å². The van der Waals surface area contributed by atoms with Gasteiger partial charge in [0.1, 0.15) is 0 Å². The van der Waals surface area contributed by atoms with Gasteiger partial charge in [-0.25, -0.2) is 0 Å². The van der Waals surface area contributed by atoms with Crippen molar-refractivity contribution >= 4 is 0 Å². The smallest absolute Gasteiger partial charge is 0.0553 e. The lowest BCUT2D eigenvalue weighted by Gasteiger charge is -2.37. The molecule has 0 atom stereocenters. The Morgan fingerprint density at radius 1 is 1.10 bits per heavy atom. The highest BCUT2D eigenvalue weighted by Crippen LogP contribution is 2.39. The van der Waals surface area contributed by atoms with E-state index < -0.39 is 0 Å². The Labute approximate surface area is 123 Å². The minimum atomic E-state index is 0.0652. The average Bonchev–Trinajstić information content (AvgIpc) is 2.48. The van der Waals surface area contributed by atoms with Crippen molar-refractivity contribution in [3.05, 3.63) is 35.4 Å². The Hall–Kier alpha value is -0.860. The minimum absolute atomic E-state index is 0.0652. The maximum absolute atomic E-state index is 6.12. The summed E-state index contributed by atoms with van der Waals surface area (Å²) >= 11 is 0. The first-order valence-electron chi connectivity index (χ1n) is 7.84. The number of benzene rings is 1. The highest BCUT2D eigenvalue weighted by Gasteiger charge is 2.32. The second-order valence-corrected chi connectivity index (χ2v) is 6.94. The molecule has 1 saturated carbocycles. The molecule has 112 valence electrons. The van der Waals surface area contributed by atoms with Crippen LogP contribution < -0.4 is 5.73 Å². The minimum Gasteiger partial charge on any atom is -0.384 e. The van der Waals surface area contributed by atoms with Crippen LogP contribution in [-0.4, -0.2) is 20.3 Å². The predicted octanol–water partition coefficient (Wildman–Crippen LogP) is 3.77. The van der Waals surface area contributed by atoms with Gasteiger partial charge in [0.05, 0.1) is 6.61 Å². The van der Waals surface area contributed by atoms with E-state index >= 15 is 0 Å². The van der Waals surface area contributed by atoms with Crippen LogP contribution in [0.2, 0.25) is 0 Å². The molecule has 0 aromatic heterocycles. The second kappa shape index (κ2) is 6.28. The van der Waals surface area contributed by atoms with Gasteiger partial charge in [-0.3, -0.25) is 0 Å². The highest BCUT2D eigenvalue weighted by molar-refractivity contribution is 5.33. The summed E-state index contributed by atoms with van der Waals surface area (Å²) in [6.45, 7) is 5.97. The van der Waals surface area contributed by atoms with Crippen molar-refractivity contribution in [1.82, 2.24) is 0 Å². The van der Waals surface area contributed by atoms with Gasteiger partial charge in [-0.15, -0.1) is 0 Å². The molecule has 1 aliphatic carbocycles. The van der Waals surface area contributed by atoms with Gasteiger partial charge >= 0.3 is 0 Å². The lowest BCUT2D eigenvalue weighted by Crippen LogP contribution is -2.37. The molecule has 0 aliphatic heterocycles. The summed E-state index contributed by atoms with van der Waals surface area (Å²) in [5.41, 5.74) is 9.18. The molecule has 0 unspecified atom stereocenters. The fraction of sp³-hybridized carbons (Fsp3) is 0.667. The third kappa shape index (κ3) is 3.07. The highest BCUT2D eigenvalue weighted by atomic mass is 16.5. The molecule has 0 heterocycles. The molecule has 2 heteroatoms. The molecule has 2 rings (SSSR count). The third-order valence-electron chi connectivity index (χ3n) is 4.99. The van der Waals surface area contributed by atoms with Crippen molar-refractivity contribution in [2.45, 2.75) is 56.8 Å². The van der Waals surface area contributed by atoms with Crippen LogP contribution in [0.25, 0.3) is 0 Å². The number of nitrogens with two attached hydrogens (primary N) is 1. The molecule has 0 spiro atoms. The van der Waals surface area contributed by atoms with E-state index in [0.29, 0.717) is 0 Å². The zero-order valence-electron chi connectivity index (χ0n) is 13.2. The first-order chi connectivity index (χ1) is 9.54. The molecular weight excluding hydrogens is 246 g/mol. The van der Waals surface area contributed by atoms with Gasteiger partial charge in [0.25, 0.3) is 0 Å². The number of rotatable bonds is 5. The molecule has 20 heavy (non-hydrogen) atoms. The normalized spacial score (nSPS) is 19.0. The molecule has 1 fully saturated rings. The van der Waals surface area contributed by atoms with E-state index in [1.54, 1.807) is 7.11 Å². The van der Waals surface area contributed by atoms with Gasteiger partial charge in [0, 0.05) is 24.5 Å². The number of methoxy groups -OCH3 is 1. The van der Waals surface area contributed by atoms with E-state index in [1.165, 1.54) is 43.2 Å². The van der Waals surface area contributed by atoms with Crippen molar-refractivity contribution in [2.24, 2.45) is 5.73 Å². The monoisotopic (exact) mass is 275 g/mol. The van der Waals surface area contributed by atoms with Crippen LogP contribution in [0.3, 0.4) is 0 Å². The van der Waals surface area contributed by atoms with E-state index in [2.05, 4.69) is 38.1 Å². The summed E-state index contributed by atoms with van der Waals surface area (Å²) in [5.74, 6) is 0. The SMILES string of the molecule is COCC(C)(C)c1ccc(C2(CN)CCCCC2)cc1. The number of hydrogen-bond donors (Lipinski definition) is 1. The molecule has 0 amide bonds. The number of hydrogen-bond acceptors (Lipinski definition) is 2. The van der Waals surface area contributed by atoms with Gasteiger partial charge in [-0.05, 0) is 24.0 Å². The van der Waals surface area contributed by atoms with E-state index in [-0.39, 0.29) is 10.8 Å². The predicted molar refractivity (Wildman–Crippen MR) is 85.2 cm³/mol. The Bertz CT molecular complexity index is 416. The molecule has 2 N–H and O–H groups in total. The summed E-state index contributed by atoms with van der Waals surface area (Å²) in [4.78, 5) is 0. The summed E-state index contributed by atoms with van der Waals surface area (Å²) in [5, 5.41) is 0. The van der Waals surface area contributed by atoms with Crippen molar-refractivity contribution in [3.8, 4) is 0 Å². The average molecular weight is 275 g/mol. The van der Waals surface area contributed by atoms with Crippen molar-refractivity contribution in [3.63, 3.8) is 0 Å². The van der Waals surface area contributed by atoms with Crippen molar-refractivity contribution < 1.29 is 4.74 Å². The standard InChI is InChI=1S/C18H29NO/c1-17(2,14-20-3)15-7-9-16(10-8-15)18(13-19)11-5-4-6-12-18/h7-10H,4-6,11-14,19H2,1-3H3. The molecule has 1 aliphatic rings. The maximum Gasteiger partial charge on any atom is 0.0553 e. The van der Waals surface area contributed by atoms with Crippen LogP contribution in [-0.2, 0) is 15.6 Å². The maximum atomic E-state index is 6.12. The second-order valence-electron chi connectivity index (χ2n) is 6.94. The van der Waals surface area contributed by atoms with E-state index in [0.717, 1.165) is 13.2 Å². The zero-order valence-corrected chi connectivity index (χ0v) is 13.2. The zero-order chi connectivity index (χ0) is 14.6. The van der Waals surface area contributed by atoms with Crippen molar-refractivity contribution in [2.75, 3.05) is 20.3 Å². The van der Waals surface area contributed by atoms with E-state index in [1.807, 2.05) is 0 Å². The van der Waals surface area contributed by atoms with Gasteiger partial charge in [-0.2, -0.15) is 0 Å². The summed E-state index contributed by atoms with van der Waals surface area (Å²) in [7, 11) is 1.77. The topological polar surface area (TPSA) is 35.2 Å². The first-order valence-corrected chi connectivity index (χ1v) is 7.84. The molecule has 0 saturated heterocycles. The fourth-order valence-electron chi connectivity index (χ4n) is 3.56. The lowest BCUT2D eigenvalue weighted by atomic mass is 9.69. The van der Waals surface area contributed by atoms with Crippen LogP contribution in [0, 0.1) is 0 Å². The summed E-state index contributed by atoms with van der Waals surface area (Å²) in [6, 6.07) is 9.12. The first kappa shape index (κ1) is 15.5. The van der Waals surface area contributed by atoms with Gasteiger partial charge < -0.3 is 10.5 Å². The van der Waals surface area contributed by atoms with Crippen LogP contribution >= 0.6 is 0 Å². The van der Waals surface area contributed by atoms with Crippen LogP contribution in [0.1, 0.15) is 57.1 Å².